The second-order valence-corrected chi connectivity index (χ2v) is 5.89. The average molecular weight is 289 g/mol. The number of likely N-dealkylation sites (tertiary alicyclic amines) is 1. The van der Waals surface area contributed by atoms with Crippen molar-refractivity contribution >= 4 is 11.1 Å². The van der Waals surface area contributed by atoms with Crippen LogP contribution >= 0.6 is 0 Å². The van der Waals surface area contributed by atoms with Crippen LogP contribution in [0.15, 0.2) is 33.5 Å². The quantitative estimate of drug-likeness (QED) is 0.932. The van der Waals surface area contributed by atoms with E-state index >= 15 is 0 Å². The average Bonchev–Trinajstić information content (AvgIpc) is 2.81. The number of hydrogen-bond acceptors (Lipinski definition) is 4. The largest absolute Gasteiger partial charge is 0.419 e. The van der Waals surface area contributed by atoms with E-state index in [2.05, 4.69) is 11.8 Å². The first-order chi connectivity index (χ1) is 10.2. The molecule has 5 nitrogen and oxygen atoms in total. The number of rotatable bonds is 4. The second kappa shape index (κ2) is 6.03. The van der Waals surface area contributed by atoms with Crippen molar-refractivity contribution in [3.05, 3.63) is 34.8 Å². The van der Waals surface area contributed by atoms with Crippen LogP contribution in [0.1, 0.15) is 26.2 Å². The molecule has 1 fully saturated rings. The molecule has 2 unspecified atom stereocenters. The van der Waals surface area contributed by atoms with Crippen LogP contribution in [-0.2, 0) is 6.54 Å². The first-order valence-corrected chi connectivity index (χ1v) is 7.75. The molecule has 1 saturated heterocycles. The van der Waals surface area contributed by atoms with Crippen molar-refractivity contribution in [3.8, 4) is 0 Å². The van der Waals surface area contributed by atoms with Crippen molar-refractivity contribution in [3.63, 3.8) is 0 Å². The molecule has 114 valence electrons. The molecule has 1 aromatic carbocycles. The molecule has 2 aromatic rings. The standard InChI is InChI=1S/C16H23N3O2/c1-12-5-4-6-13(11-17)18(12)9-10-19-14-7-2-3-8-15(14)21-16(19)20/h2-3,7-8,12-13H,4-6,9-11,17H2,1H3. The minimum Gasteiger partial charge on any atom is -0.408 e. The van der Waals surface area contributed by atoms with Crippen molar-refractivity contribution in [1.29, 1.82) is 0 Å². The highest BCUT2D eigenvalue weighted by atomic mass is 16.4. The molecule has 2 heterocycles. The molecule has 0 amide bonds. The topological polar surface area (TPSA) is 64.4 Å². The number of oxazole rings is 1. The highest BCUT2D eigenvalue weighted by Crippen LogP contribution is 2.22. The Kier molecular flexibility index (Phi) is 4.12. The SMILES string of the molecule is CC1CCCC(CN)N1CCn1c(=O)oc2ccccc21. The van der Waals surface area contributed by atoms with E-state index in [1.54, 1.807) is 4.57 Å². The Morgan fingerprint density at radius 1 is 1.29 bits per heavy atom. The predicted octanol–water partition coefficient (Wildman–Crippen LogP) is 1.80. The Labute approximate surface area is 124 Å². The van der Waals surface area contributed by atoms with Crippen LogP contribution in [0.3, 0.4) is 0 Å². The zero-order chi connectivity index (χ0) is 14.8. The fourth-order valence-electron chi connectivity index (χ4n) is 3.44. The molecule has 0 aliphatic carbocycles. The third-order valence-corrected chi connectivity index (χ3v) is 4.62. The van der Waals surface area contributed by atoms with Gasteiger partial charge in [-0.1, -0.05) is 18.6 Å². The zero-order valence-electron chi connectivity index (χ0n) is 12.5. The maximum Gasteiger partial charge on any atom is 0.419 e. The van der Waals surface area contributed by atoms with E-state index in [0.717, 1.165) is 18.5 Å². The van der Waals surface area contributed by atoms with Gasteiger partial charge >= 0.3 is 5.76 Å². The molecule has 3 rings (SSSR count). The van der Waals surface area contributed by atoms with Gasteiger partial charge in [-0.25, -0.2) is 4.79 Å². The number of piperidine rings is 1. The maximum absolute atomic E-state index is 12.0. The minimum absolute atomic E-state index is 0.273. The second-order valence-electron chi connectivity index (χ2n) is 5.89. The molecule has 1 aliphatic rings. The van der Waals surface area contributed by atoms with Gasteiger partial charge in [-0.3, -0.25) is 9.47 Å². The fourth-order valence-corrected chi connectivity index (χ4v) is 3.44. The van der Waals surface area contributed by atoms with Crippen molar-refractivity contribution < 1.29 is 4.42 Å². The Morgan fingerprint density at radius 2 is 2.10 bits per heavy atom. The van der Waals surface area contributed by atoms with Gasteiger partial charge in [-0.15, -0.1) is 0 Å². The van der Waals surface area contributed by atoms with E-state index in [1.165, 1.54) is 12.8 Å². The molecule has 2 N–H and O–H groups in total. The van der Waals surface area contributed by atoms with Gasteiger partial charge in [-0.2, -0.15) is 0 Å². The van der Waals surface area contributed by atoms with Gasteiger partial charge < -0.3 is 10.2 Å². The van der Waals surface area contributed by atoms with Crippen LogP contribution in [0.5, 0.6) is 0 Å². The minimum atomic E-state index is -0.273. The Morgan fingerprint density at radius 3 is 2.90 bits per heavy atom. The molecule has 2 atom stereocenters. The zero-order valence-corrected chi connectivity index (χ0v) is 12.5. The number of aromatic nitrogens is 1. The van der Waals surface area contributed by atoms with Crippen LogP contribution in [-0.4, -0.2) is 34.6 Å². The molecular formula is C16H23N3O2. The lowest BCUT2D eigenvalue weighted by Gasteiger charge is -2.40. The highest BCUT2D eigenvalue weighted by molar-refractivity contribution is 5.72. The van der Waals surface area contributed by atoms with Crippen LogP contribution in [0.25, 0.3) is 11.1 Å². The number of nitrogens with two attached hydrogens (primary N) is 1. The summed E-state index contributed by atoms with van der Waals surface area (Å²) in [5.41, 5.74) is 7.43. The Hall–Kier alpha value is -1.59. The molecule has 0 bridgehead atoms. The van der Waals surface area contributed by atoms with E-state index in [-0.39, 0.29) is 5.76 Å². The summed E-state index contributed by atoms with van der Waals surface area (Å²) in [4.78, 5) is 14.4. The van der Waals surface area contributed by atoms with Crippen LogP contribution in [0.2, 0.25) is 0 Å². The Bertz CT molecular complexity index is 661. The number of benzene rings is 1. The maximum atomic E-state index is 12.0. The van der Waals surface area contributed by atoms with Gasteiger partial charge in [0.2, 0.25) is 0 Å². The van der Waals surface area contributed by atoms with E-state index < -0.39 is 0 Å². The van der Waals surface area contributed by atoms with Crippen LogP contribution in [0.4, 0.5) is 0 Å². The van der Waals surface area contributed by atoms with E-state index in [9.17, 15) is 4.79 Å². The predicted molar refractivity (Wildman–Crippen MR) is 83.3 cm³/mol. The lowest BCUT2D eigenvalue weighted by atomic mass is 9.96. The van der Waals surface area contributed by atoms with E-state index in [1.807, 2.05) is 24.3 Å². The van der Waals surface area contributed by atoms with Gasteiger partial charge in [0.1, 0.15) is 0 Å². The van der Waals surface area contributed by atoms with Crippen molar-refractivity contribution in [1.82, 2.24) is 9.47 Å². The summed E-state index contributed by atoms with van der Waals surface area (Å²) in [5.74, 6) is -0.273. The monoisotopic (exact) mass is 289 g/mol. The van der Waals surface area contributed by atoms with Gasteiger partial charge in [0, 0.05) is 31.7 Å². The summed E-state index contributed by atoms with van der Waals surface area (Å²) in [6, 6.07) is 8.54. The molecule has 1 aliphatic heterocycles. The number of nitrogens with zero attached hydrogens (tertiary/aromatic N) is 2. The van der Waals surface area contributed by atoms with Crippen LogP contribution in [0, 0.1) is 0 Å². The van der Waals surface area contributed by atoms with Gasteiger partial charge in [-0.05, 0) is 31.9 Å². The smallest absolute Gasteiger partial charge is 0.408 e. The summed E-state index contributed by atoms with van der Waals surface area (Å²) in [6.07, 6.45) is 3.60. The third-order valence-electron chi connectivity index (χ3n) is 4.62. The summed E-state index contributed by atoms with van der Waals surface area (Å²) in [6.45, 7) is 4.42. The number of para-hydroxylation sites is 2. The molecule has 1 aromatic heterocycles. The van der Waals surface area contributed by atoms with Gasteiger partial charge in [0.15, 0.2) is 5.58 Å². The van der Waals surface area contributed by atoms with E-state index in [0.29, 0.717) is 30.8 Å². The fraction of sp³-hybridized carbons (Fsp3) is 0.562. The lowest BCUT2D eigenvalue weighted by molar-refractivity contribution is 0.0928. The van der Waals surface area contributed by atoms with Crippen molar-refractivity contribution in [2.45, 2.75) is 44.8 Å². The Balaban J connectivity index is 1.79. The summed E-state index contributed by atoms with van der Waals surface area (Å²) in [7, 11) is 0. The normalized spacial score (nSPS) is 23.7. The third kappa shape index (κ3) is 2.76. The van der Waals surface area contributed by atoms with Crippen LogP contribution < -0.4 is 11.5 Å². The summed E-state index contributed by atoms with van der Waals surface area (Å²) in [5, 5.41) is 0. The van der Waals surface area contributed by atoms with Gasteiger partial charge in [0.05, 0.1) is 5.52 Å². The molecule has 0 saturated carbocycles. The van der Waals surface area contributed by atoms with E-state index in [4.69, 9.17) is 10.2 Å². The molecule has 21 heavy (non-hydrogen) atoms. The van der Waals surface area contributed by atoms with Crippen molar-refractivity contribution in [2.75, 3.05) is 13.1 Å². The first kappa shape index (κ1) is 14.4. The highest BCUT2D eigenvalue weighted by Gasteiger charge is 2.26. The molecule has 0 spiro atoms. The lowest BCUT2D eigenvalue weighted by Crippen LogP contribution is -2.50. The first-order valence-electron chi connectivity index (χ1n) is 7.75. The molecule has 0 radical (unpaired) electrons. The summed E-state index contributed by atoms with van der Waals surface area (Å²) < 4.78 is 7.01. The summed E-state index contributed by atoms with van der Waals surface area (Å²) >= 11 is 0. The molecular weight excluding hydrogens is 266 g/mol. The number of fused-ring (bicyclic) bond motifs is 1. The van der Waals surface area contributed by atoms with Gasteiger partial charge in [0.25, 0.3) is 0 Å². The van der Waals surface area contributed by atoms with Crippen molar-refractivity contribution in [2.24, 2.45) is 5.73 Å². The number of hydrogen-bond donors (Lipinski definition) is 1. The molecule has 5 heteroatoms.